The first-order valence-electron chi connectivity index (χ1n) is 7.38. The zero-order chi connectivity index (χ0) is 18.4. The van der Waals surface area contributed by atoms with E-state index in [9.17, 15) is 19.7 Å². The van der Waals surface area contributed by atoms with E-state index >= 15 is 0 Å². The maximum atomic E-state index is 12.0. The first-order valence-corrected chi connectivity index (χ1v) is 8.26. The molecule has 1 atom stereocenters. The van der Waals surface area contributed by atoms with Gasteiger partial charge in [-0.1, -0.05) is 6.07 Å². The molecule has 0 aliphatic rings. The number of esters is 1. The molecule has 132 valence electrons. The number of thiophene rings is 1. The van der Waals surface area contributed by atoms with Gasteiger partial charge in [-0.05, 0) is 30.5 Å². The molecule has 25 heavy (non-hydrogen) atoms. The molecular weight excluding hydrogens is 346 g/mol. The van der Waals surface area contributed by atoms with Crippen molar-refractivity contribution in [3.8, 4) is 0 Å². The van der Waals surface area contributed by atoms with Crippen LogP contribution in [0.2, 0.25) is 0 Å². The highest BCUT2D eigenvalue weighted by atomic mass is 32.1. The van der Waals surface area contributed by atoms with Crippen molar-refractivity contribution in [3.63, 3.8) is 0 Å². The lowest BCUT2D eigenvalue weighted by atomic mass is 10.1. The number of hydrogen-bond donors (Lipinski definition) is 2. The normalized spacial score (nSPS) is 11.4. The van der Waals surface area contributed by atoms with E-state index in [1.807, 2.05) is 24.4 Å². The maximum Gasteiger partial charge on any atom is 0.338 e. The van der Waals surface area contributed by atoms with Crippen molar-refractivity contribution in [1.29, 1.82) is 0 Å². The highest BCUT2D eigenvalue weighted by Crippen LogP contribution is 2.25. The Kier molecular flexibility index (Phi) is 6.07. The Bertz CT molecular complexity index is 776. The highest BCUT2D eigenvalue weighted by molar-refractivity contribution is 7.10. The molecule has 2 aromatic rings. The number of amides is 1. The number of carbonyl (C=O) groups excluding carboxylic acids is 2. The number of nitro groups is 1. The van der Waals surface area contributed by atoms with Gasteiger partial charge in [0.05, 0.1) is 16.5 Å². The lowest BCUT2D eigenvalue weighted by Crippen LogP contribution is -2.30. The molecule has 1 aromatic carbocycles. The van der Waals surface area contributed by atoms with E-state index in [1.54, 1.807) is 7.05 Å². The Morgan fingerprint density at radius 1 is 1.36 bits per heavy atom. The minimum Gasteiger partial charge on any atom is -0.452 e. The summed E-state index contributed by atoms with van der Waals surface area (Å²) in [6.45, 7) is 1.36. The van der Waals surface area contributed by atoms with Crippen molar-refractivity contribution in [3.05, 3.63) is 56.3 Å². The van der Waals surface area contributed by atoms with Gasteiger partial charge in [-0.25, -0.2) is 4.79 Å². The highest BCUT2D eigenvalue weighted by Gasteiger charge is 2.19. The van der Waals surface area contributed by atoms with Gasteiger partial charge in [0.25, 0.3) is 11.6 Å². The summed E-state index contributed by atoms with van der Waals surface area (Å²) in [6, 6.07) is 7.50. The molecule has 1 heterocycles. The zero-order valence-corrected chi connectivity index (χ0v) is 14.5. The van der Waals surface area contributed by atoms with Crippen LogP contribution in [-0.4, -0.2) is 30.5 Å². The fourth-order valence-electron chi connectivity index (χ4n) is 2.13. The van der Waals surface area contributed by atoms with Crippen molar-refractivity contribution in [1.82, 2.24) is 5.32 Å². The smallest absolute Gasteiger partial charge is 0.338 e. The fraction of sp³-hybridized carbons (Fsp3) is 0.250. The van der Waals surface area contributed by atoms with Gasteiger partial charge in [0, 0.05) is 18.0 Å². The minimum atomic E-state index is -0.801. The second kappa shape index (κ2) is 8.25. The molecule has 0 spiro atoms. The SMILES string of the molecule is CNc1ccc(C(=O)OCC(=O)N[C@@H](C)c2cccs2)cc1[N+](=O)[O-]. The topological polar surface area (TPSA) is 111 Å². The van der Waals surface area contributed by atoms with E-state index in [0.717, 1.165) is 10.9 Å². The van der Waals surface area contributed by atoms with E-state index in [4.69, 9.17) is 4.74 Å². The average molecular weight is 363 g/mol. The number of carbonyl (C=O) groups is 2. The lowest BCUT2D eigenvalue weighted by Gasteiger charge is -2.12. The van der Waals surface area contributed by atoms with E-state index < -0.39 is 23.4 Å². The number of nitro benzene ring substituents is 1. The van der Waals surface area contributed by atoms with Crippen LogP contribution in [0.5, 0.6) is 0 Å². The van der Waals surface area contributed by atoms with Crippen LogP contribution in [-0.2, 0) is 9.53 Å². The molecule has 1 aromatic heterocycles. The van der Waals surface area contributed by atoms with Gasteiger partial charge in [-0.3, -0.25) is 14.9 Å². The Morgan fingerprint density at radius 2 is 2.12 bits per heavy atom. The van der Waals surface area contributed by atoms with Crippen LogP contribution < -0.4 is 10.6 Å². The van der Waals surface area contributed by atoms with Crippen LogP contribution in [0.15, 0.2) is 35.7 Å². The first-order chi connectivity index (χ1) is 11.9. The third-order valence-corrected chi connectivity index (χ3v) is 4.44. The van der Waals surface area contributed by atoms with E-state index in [1.165, 1.54) is 23.5 Å². The number of nitrogens with zero attached hydrogens (tertiary/aromatic N) is 1. The number of hydrogen-bond acceptors (Lipinski definition) is 7. The molecule has 0 saturated heterocycles. The molecule has 0 aliphatic carbocycles. The van der Waals surface area contributed by atoms with Gasteiger partial charge in [0.1, 0.15) is 5.69 Å². The van der Waals surface area contributed by atoms with Gasteiger partial charge in [0.15, 0.2) is 6.61 Å². The first kappa shape index (κ1) is 18.4. The summed E-state index contributed by atoms with van der Waals surface area (Å²) in [5.74, 6) is -1.25. The van der Waals surface area contributed by atoms with Gasteiger partial charge >= 0.3 is 5.97 Å². The van der Waals surface area contributed by atoms with Crippen LogP contribution in [0, 0.1) is 10.1 Å². The van der Waals surface area contributed by atoms with Crippen molar-refractivity contribution in [2.24, 2.45) is 0 Å². The number of benzene rings is 1. The Balaban J connectivity index is 1.94. The number of rotatable bonds is 7. The van der Waals surface area contributed by atoms with Crippen LogP contribution >= 0.6 is 11.3 Å². The molecule has 9 heteroatoms. The van der Waals surface area contributed by atoms with Crippen molar-refractivity contribution in [2.45, 2.75) is 13.0 Å². The van der Waals surface area contributed by atoms with Gasteiger partial charge < -0.3 is 15.4 Å². The van der Waals surface area contributed by atoms with E-state index in [-0.39, 0.29) is 23.0 Å². The molecule has 1 amide bonds. The summed E-state index contributed by atoms with van der Waals surface area (Å²) in [5.41, 5.74) is 0.0431. The summed E-state index contributed by atoms with van der Waals surface area (Å²) in [6.07, 6.45) is 0. The molecule has 0 fully saturated rings. The summed E-state index contributed by atoms with van der Waals surface area (Å²) < 4.78 is 4.93. The van der Waals surface area contributed by atoms with Crippen molar-refractivity contribution < 1.29 is 19.2 Å². The lowest BCUT2D eigenvalue weighted by molar-refractivity contribution is -0.384. The summed E-state index contributed by atoms with van der Waals surface area (Å²) in [7, 11) is 1.54. The maximum absolute atomic E-state index is 12.0. The molecule has 2 N–H and O–H groups in total. The van der Waals surface area contributed by atoms with Crippen molar-refractivity contribution in [2.75, 3.05) is 19.0 Å². The van der Waals surface area contributed by atoms with Crippen molar-refractivity contribution >= 4 is 34.6 Å². The van der Waals surface area contributed by atoms with E-state index in [2.05, 4.69) is 10.6 Å². The Labute approximate surface area is 148 Å². The molecule has 0 aliphatic heterocycles. The average Bonchev–Trinajstić information content (AvgIpc) is 3.13. The summed E-state index contributed by atoms with van der Waals surface area (Å²) >= 11 is 1.51. The fourth-order valence-corrected chi connectivity index (χ4v) is 2.86. The second-order valence-corrected chi connectivity index (χ2v) is 6.10. The monoisotopic (exact) mass is 363 g/mol. The predicted molar refractivity (Wildman–Crippen MR) is 93.8 cm³/mol. The number of ether oxygens (including phenoxy) is 1. The summed E-state index contributed by atoms with van der Waals surface area (Å²) in [4.78, 5) is 35.2. The molecular formula is C16H17N3O5S. The molecule has 0 unspecified atom stereocenters. The van der Waals surface area contributed by atoms with Gasteiger partial charge in [-0.2, -0.15) is 0 Å². The Hall–Kier alpha value is -2.94. The largest absolute Gasteiger partial charge is 0.452 e. The second-order valence-electron chi connectivity index (χ2n) is 5.12. The standard InChI is InChI=1S/C16H17N3O5S/c1-10(14-4-3-7-25-14)18-15(20)9-24-16(21)11-5-6-12(17-2)13(8-11)19(22)23/h3-8,10,17H,9H2,1-2H3,(H,18,20)/t10-/m0/s1. The summed E-state index contributed by atoms with van der Waals surface area (Å²) in [5, 5.41) is 18.3. The molecule has 0 bridgehead atoms. The van der Waals surface area contributed by atoms with E-state index in [0.29, 0.717) is 0 Å². The molecule has 8 nitrogen and oxygen atoms in total. The van der Waals surface area contributed by atoms with Crippen LogP contribution in [0.1, 0.15) is 28.2 Å². The Morgan fingerprint density at radius 3 is 2.72 bits per heavy atom. The van der Waals surface area contributed by atoms with Crippen LogP contribution in [0.25, 0.3) is 0 Å². The van der Waals surface area contributed by atoms with Gasteiger partial charge in [-0.15, -0.1) is 11.3 Å². The molecule has 2 rings (SSSR count). The van der Waals surface area contributed by atoms with Gasteiger partial charge in [0.2, 0.25) is 0 Å². The third kappa shape index (κ3) is 4.77. The van der Waals surface area contributed by atoms with Crippen LogP contribution in [0.3, 0.4) is 0 Å². The quantitative estimate of drug-likeness (QED) is 0.444. The zero-order valence-electron chi connectivity index (χ0n) is 13.6. The molecule has 0 radical (unpaired) electrons. The number of nitrogens with one attached hydrogen (secondary N) is 2. The van der Waals surface area contributed by atoms with Crippen LogP contribution in [0.4, 0.5) is 11.4 Å². The molecule has 0 saturated carbocycles. The third-order valence-electron chi connectivity index (χ3n) is 3.38. The predicted octanol–water partition coefficient (Wildman–Crippen LogP) is 2.73. The minimum absolute atomic E-state index is 0.00445. The number of anilines is 1.